The van der Waals surface area contributed by atoms with Gasteiger partial charge in [0.05, 0.1) is 0 Å². The number of rotatable bonds is 1. The highest BCUT2D eigenvalue weighted by molar-refractivity contribution is 7.09. The van der Waals surface area contributed by atoms with E-state index in [9.17, 15) is 0 Å². The second-order valence-corrected chi connectivity index (χ2v) is 3.26. The van der Waals surface area contributed by atoms with Gasteiger partial charge in [0.15, 0.2) is 5.01 Å². The van der Waals surface area contributed by atoms with Crippen LogP contribution in [0.4, 0.5) is 0 Å². The molecular formula is C5H4N4S2. The van der Waals surface area contributed by atoms with Crippen molar-refractivity contribution in [1.82, 2.24) is 18.7 Å². The highest BCUT2D eigenvalue weighted by atomic mass is 32.1. The molecular weight excluding hydrogens is 180 g/mol. The minimum Gasteiger partial charge on any atom is -0.221 e. The quantitative estimate of drug-likeness (QED) is 0.671. The normalized spacial score (nSPS) is 10.3. The van der Waals surface area contributed by atoms with Crippen molar-refractivity contribution >= 4 is 23.1 Å². The van der Waals surface area contributed by atoms with Crippen molar-refractivity contribution < 1.29 is 0 Å². The first-order valence-corrected chi connectivity index (χ1v) is 4.54. The van der Waals surface area contributed by atoms with E-state index < -0.39 is 0 Å². The SMILES string of the molecule is Cc1nsc(-c2ncsn2)n1. The monoisotopic (exact) mass is 184 g/mol. The molecule has 4 nitrogen and oxygen atoms in total. The molecule has 2 aromatic heterocycles. The van der Waals surface area contributed by atoms with Crippen molar-refractivity contribution in [1.29, 1.82) is 0 Å². The molecule has 0 N–H and O–H groups in total. The first kappa shape index (κ1) is 6.81. The summed E-state index contributed by atoms with van der Waals surface area (Å²) in [4.78, 5) is 8.16. The predicted octanol–water partition coefficient (Wildman–Crippen LogP) is 1.37. The van der Waals surface area contributed by atoms with Crippen LogP contribution in [0.1, 0.15) is 5.82 Å². The molecule has 0 aliphatic rings. The zero-order valence-electron chi connectivity index (χ0n) is 5.68. The van der Waals surface area contributed by atoms with E-state index in [4.69, 9.17) is 0 Å². The summed E-state index contributed by atoms with van der Waals surface area (Å²) in [6.07, 6.45) is 0. The fourth-order valence-corrected chi connectivity index (χ4v) is 1.75. The maximum Gasteiger partial charge on any atom is 0.203 e. The molecule has 0 saturated heterocycles. The minimum absolute atomic E-state index is 0.681. The fourth-order valence-electron chi connectivity index (χ4n) is 0.653. The largest absolute Gasteiger partial charge is 0.221 e. The van der Waals surface area contributed by atoms with E-state index in [2.05, 4.69) is 18.7 Å². The molecule has 6 heteroatoms. The van der Waals surface area contributed by atoms with Crippen LogP contribution in [0.5, 0.6) is 0 Å². The molecule has 0 aromatic carbocycles. The van der Waals surface area contributed by atoms with Crippen LogP contribution < -0.4 is 0 Å². The average molecular weight is 184 g/mol. The number of hydrogen-bond acceptors (Lipinski definition) is 6. The zero-order chi connectivity index (χ0) is 7.68. The van der Waals surface area contributed by atoms with Gasteiger partial charge >= 0.3 is 0 Å². The van der Waals surface area contributed by atoms with Gasteiger partial charge in [-0.25, -0.2) is 9.97 Å². The van der Waals surface area contributed by atoms with Crippen molar-refractivity contribution in [2.24, 2.45) is 0 Å². The van der Waals surface area contributed by atoms with Crippen molar-refractivity contribution in [3.05, 3.63) is 11.3 Å². The molecule has 11 heavy (non-hydrogen) atoms. The Balaban J connectivity index is 2.45. The Morgan fingerprint density at radius 2 is 2.27 bits per heavy atom. The molecule has 0 fully saturated rings. The van der Waals surface area contributed by atoms with E-state index in [-0.39, 0.29) is 0 Å². The van der Waals surface area contributed by atoms with Crippen LogP contribution in [-0.2, 0) is 0 Å². The van der Waals surface area contributed by atoms with Gasteiger partial charge < -0.3 is 0 Å². The molecule has 0 aliphatic carbocycles. The van der Waals surface area contributed by atoms with Gasteiger partial charge in [0.25, 0.3) is 0 Å². The first-order valence-electron chi connectivity index (χ1n) is 2.93. The fraction of sp³-hybridized carbons (Fsp3) is 0.200. The Kier molecular flexibility index (Phi) is 1.63. The van der Waals surface area contributed by atoms with Gasteiger partial charge in [-0.3, -0.25) is 0 Å². The topological polar surface area (TPSA) is 51.6 Å². The number of aromatic nitrogens is 4. The zero-order valence-corrected chi connectivity index (χ0v) is 7.32. The van der Waals surface area contributed by atoms with Crippen molar-refractivity contribution in [2.75, 3.05) is 0 Å². The van der Waals surface area contributed by atoms with Gasteiger partial charge in [-0.05, 0) is 30.0 Å². The number of nitrogens with zero attached hydrogens (tertiary/aromatic N) is 4. The molecule has 0 amide bonds. The Morgan fingerprint density at radius 1 is 1.36 bits per heavy atom. The molecule has 2 aromatic rings. The lowest BCUT2D eigenvalue weighted by Gasteiger charge is -1.79. The van der Waals surface area contributed by atoms with Gasteiger partial charge in [0, 0.05) is 0 Å². The Labute approximate surface area is 71.3 Å². The van der Waals surface area contributed by atoms with Crippen LogP contribution in [0.15, 0.2) is 5.51 Å². The molecule has 56 valence electrons. The van der Waals surface area contributed by atoms with Crippen molar-refractivity contribution in [2.45, 2.75) is 6.92 Å². The van der Waals surface area contributed by atoms with Gasteiger partial charge in [-0.1, -0.05) is 0 Å². The maximum atomic E-state index is 4.14. The van der Waals surface area contributed by atoms with Crippen LogP contribution >= 0.6 is 23.1 Å². The Bertz CT molecular complexity index is 339. The molecule has 0 bridgehead atoms. The van der Waals surface area contributed by atoms with Crippen molar-refractivity contribution in [3.8, 4) is 10.8 Å². The van der Waals surface area contributed by atoms with Gasteiger partial charge in [-0.2, -0.15) is 8.75 Å². The molecule has 0 atom stereocenters. The van der Waals surface area contributed by atoms with Crippen LogP contribution in [0.25, 0.3) is 10.8 Å². The molecule has 0 radical (unpaired) electrons. The van der Waals surface area contributed by atoms with Crippen LogP contribution in [0.3, 0.4) is 0 Å². The summed E-state index contributed by atoms with van der Waals surface area (Å²) in [7, 11) is 0. The minimum atomic E-state index is 0.681. The molecule has 2 rings (SSSR count). The van der Waals surface area contributed by atoms with E-state index in [1.165, 1.54) is 23.1 Å². The van der Waals surface area contributed by atoms with Crippen LogP contribution in [0, 0.1) is 6.92 Å². The van der Waals surface area contributed by atoms with Gasteiger partial charge in [-0.15, -0.1) is 0 Å². The van der Waals surface area contributed by atoms with E-state index in [0.29, 0.717) is 5.82 Å². The summed E-state index contributed by atoms with van der Waals surface area (Å²) in [5, 5.41) is 0.795. The predicted molar refractivity (Wildman–Crippen MR) is 43.5 cm³/mol. The van der Waals surface area contributed by atoms with Crippen molar-refractivity contribution in [3.63, 3.8) is 0 Å². The van der Waals surface area contributed by atoms with Gasteiger partial charge in [0.2, 0.25) is 5.82 Å². The summed E-state index contributed by atoms with van der Waals surface area (Å²) >= 11 is 2.65. The van der Waals surface area contributed by atoms with Gasteiger partial charge in [0.1, 0.15) is 11.3 Å². The Hall–Kier alpha value is -0.880. The second-order valence-electron chi connectivity index (χ2n) is 1.90. The second kappa shape index (κ2) is 2.63. The molecule has 2 heterocycles. The molecule has 0 spiro atoms. The van der Waals surface area contributed by atoms with Crippen LogP contribution in [-0.4, -0.2) is 18.7 Å². The lowest BCUT2D eigenvalue weighted by atomic mass is 10.6. The summed E-state index contributed by atoms with van der Waals surface area (Å²) in [5.41, 5.74) is 1.69. The smallest absolute Gasteiger partial charge is 0.203 e. The molecule has 0 unspecified atom stereocenters. The highest BCUT2D eigenvalue weighted by Crippen LogP contribution is 2.16. The van der Waals surface area contributed by atoms with E-state index >= 15 is 0 Å². The summed E-state index contributed by atoms with van der Waals surface area (Å²) in [6, 6.07) is 0. The Morgan fingerprint density at radius 3 is 2.82 bits per heavy atom. The lowest BCUT2D eigenvalue weighted by molar-refractivity contribution is 1.15. The molecule has 0 saturated carbocycles. The summed E-state index contributed by atoms with van der Waals surface area (Å²) < 4.78 is 8.07. The van der Waals surface area contributed by atoms with E-state index in [0.717, 1.165) is 10.8 Å². The third kappa shape index (κ3) is 1.26. The third-order valence-electron chi connectivity index (χ3n) is 1.08. The maximum absolute atomic E-state index is 4.14. The van der Waals surface area contributed by atoms with Crippen LogP contribution in [0.2, 0.25) is 0 Å². The first-order chi connectivity index (χ1) is 5.36. The number of hydrogen-bond donors (Lipinski definition) is 0. The lowest BCUT2D eigenvalue weighted by Crippen LogP contribution is -1.78. The standard InChI is InChI=1S/C5H4N4S2/c1-3-7-5(11-8-3)4-6-2-10-9-4/h2H,1H3. The average Bonchev–Trinajstić information content (AvgIpc) is 2.55. The molecule has 0 aliphatic heterocycles. The highest BCUT2D eigenvalue weighted by Gasteiger charge is 2.05. The third-order valence-corrected chi connectivity index (χ3v) is 2.36. The van der Waals surface area contributed by atoms with E-state index in [1.807, 2.05) is 6.92 Å². The summed E-state index contributed by atoms with van der Waals surface area (Å²) in [6.45, 7) is 1.85. The number of aryl methyl sites for hydroxylation is 1. The summed E-state index contributed by atoms with van der Waals surface area (Å²) in [5.74, 6) is 1.46. The van der Waals surface area contributed by atoms with E-state index in [1.54, 1.807) is 5.51 Å².